The summed E-state index contributed by atoms with van der Waals surface area (Å²) in [7, 11) is 0. The molecule has 3 heteroatoms. The summed E-state index contributed by atoms with van der Waals surface area (Å²) >= 11 is 0. The molecule has 0 heterocycles. The van der Waals surface area contributed by atoms with Gasteiger partial charge in [0.25, 0.3) is 0 Å². The van der Waals surface area contributed by atoms with Crippen molar-refractivity contribution in [2.45, 2.75) is 53.4 Å². The van der Waals surface area contributed by atoms with Gasteiger partial charge in [0.1, 0.15) is 17.2 Å². The highest BCUT2D eigenvalue weighted by Gasteiger charge is 2.19. The summed E-state index contributed by atoms with van der Waals surface area (Å²) in [5, 5.41) is 35.6. The molecule has 0 aliphatic carbocycles. The molecule has 0 aromatic heterocycles. The molecule has 0 saturated carbocycles. The van der Waals surface area contributed by atoms with Crippen LogP contribution in [0.25, 0.3) is 32.7 Å². The lowest BCUT2D eigenvalue weighted by Crippen LogP contribution is -1.96. The van der Waals surface area contributed by atoms with Crippen LogP contribution < -0.4 is 0 Å². The molecule has 0 fully saturated rings. The maximum atomic E-state index is 11.3. The number of phenols is 3. The van der Waals surface area contributed by atoms with Crippen molar-refractivity contribution in [2.75, 3.05) is 0 Å². The molecule has 0 radical (unpaired) electrons. The molecular formula is C28H30O3. The second-order valence-corrected chi connectivity index (χ2v) is 9.28. The SMILES string of the molecule is Cc1cc2c(C(C)C)cc(O)cc2cc1-c1c(C)cc2c(C(C)C)cc(O)cc2c1O. The number of benzene rings is 4. The van der Waals surface area contributed by atoms with Gasteiger partial charge in [0.15, 0.2) is 0 Å². The van der Waals surface area contributed by atoms with E-state index in [-0.39, 0.29) is 29.1 Å². The predicted molar refractivity (Wildman–Crippen MR) is 130 cm³/mol. The third-order valence-corrected chi connectivity index (χ3v) is 6.27. The van der Waals surface area contributed by atoms with Crippen molar-refractivity contribution in [3.63, 3.8) is 0 Å². The summed E-state index contributed by atoms with van der Waals surface area (Å²) in [4.78, 5) is 0. The van der Waals surface area contributed by atoms with Gasteiger partial charge in [0.2, 0.25) is 0 Å². The minimum atomic E-state index is 0.156. The van der Waals surface area contributed by atoms with E-state index in [1.807, 2.05) is 13.0 Å². The van der Waals surface area contributed by atoms with E-state index in [0.717, 1.165) is 49.5 Å². The van der Waals surface area contributed by atoms with Crippen molar-refractivity contribution in [3.05, 3.63) is 64.7 Å². The van der Waals surface area contributed by atoms with Crippen molar-refractivity contribution >= 4 is 21.5 Å². The van der Waals surface area contributed by atoms with Crippen molar-refractivity contribution in [2.24, 2.45) is 0 Å². The van der Waals surface area contributed by atoms with E-state index in [9.17, 15) is 15.3 Å². The summed E-state index contributed by atoms with van der Waals surface area (Å²) in [6.07, 6.45) is 0. The molecule has 0 bridgehead atoms. The lowest BCUT2D eigenvalue weighted by Gasteiger charge is -2.19. The second-order valence-electron chi connectivity index (χ2n) is 9.28. The fourth-order valence-electron chi connectivity index (χ4n) is 4.72. The van der Waals surface area contributed by atoms with Crippen LogP contribution in [0.1, 0.15) is 61.8 Å². The van der Waals surface area contributed by atoms with Crippen LogP contribution in [0, 0.1) is 13.8 Å². The molecule has 4 rings (SSSR count). The average Bonchev–Trinajstić information content (AvgIpc) is 2.68. The Bertz CT molecular complexity index is 1330. The average molecular weight is 415 g/mol. The van der Waals surface area contributed by atoms with Gasteiger partial charge in [-0.3, -0.25) is 0 Å². The van der Waals surface area contributed by atoms with Gasteiger partial charge in [0, 0.05) is 10.9 Å². The Balaban J connectivity index is 2.06. The first-order valence-corrected chi connectivity index (χ1v) is 10.8. The number of aryl methyl sites for hydroxylation is 2. The van der Waals surface area contributed by atoms with Crippen molar-refractivity contribution in [1.29, 1.82) is 0 Å². The number of hydrogen-bond acceptors (Lipinski definition) is 3. The zero-order chi connectivity index (χ0) is 22.6. The molecular weight excluding hydrogens is 384 g/mol. The summed E-state index contributed by atoms with van der Waals surface area (Å²) in [6.45, 7) is 12.5. The highest BCUT2D eigenvalue weighted by atomic mass is 16.3. The summed E-state index contributed by atoms with van der Waals surface area (Å²) < 4.78 is 0. The summed E-state index contributed by atoms with van der Waals surface area (Å²) in [6, 6.07) is 13.3. The Morgan fingerprint density at radius 1 is 0.581 bits per heavy atom. The van der Waals surface area contributed by atoms with E-state index in [1.54, 1.807) is 18.2 Å². The molecule has 0 saturated heterocycles. The maximum Gasteiger partial charge on any atom is 0.131 e. The number of phenolic OH excluding ortho intramolecular Hbond substituents is 3. The Kier molecular flexibility index (Phi) is 5.09. The second kappa shape index (κ2) is 7.49. The molecule has 0 aliphatic heterocycles. The van der Waals surface area contributed by atoms with Gasteiger partial charge in [0.05, 0.1) is 0 Å². The third-order valence-electron chi connectivity index (χ3n) is 6.27. The maximum absolute atomic E-state index is 11.3. The number of rotatable bonds is 3. The molecule has 4 aromatic rings. The first-order valence-electron chi connectivity index (χ1n) is 10.8. The Labute approximate surface area is 183 Å². The van der Waals surface area contributed by atoms with Crippen LogP contribution in [0.15, 0.2) is 42.5 Å². The molecule has 160 valence electrons. The van der Waals surface area contributed by atoms with Gasteiger partial charge in [-0.25, -0.2) is 0 Å². The smallest absolute Gasteiger partial charge is 0.131 e. The largest absolute Gasteiger partial charge is 0.508 e. The number of aromatic hydroxyl groups is 3. The Morgan fingerprint density at radius 3 is 1.74 bits per heavy atom. The van der Waals surface area contributed by atoms with E-state index in [4.69, 9.17) is 0 Å². The van der Waals surface area contributed by atoms with Crippen LogP contribution in [0.5, 0.6) is 17.2 Å². The molecule has 3 N–H and O–H groups in total. The standard InChI is InChI=1S/C28H30O3/c1-14(2)21-11-19(29)9-18-10-23(16(5)7-24(18)21)27-17(6)8-25-22(15(3)4)12-20(30)13-26(25)28(27)31/h7-15,29-31H,1-6H3. The van der Waals surface area contributed by atoms with Crippen molar-refractivity contribution in [1.82, 2.24) is 0 Å². The summed E-state index contributed by atoms with van der Waals surface area (Å²) in [5.74, 6) is 1.09. The van der Waals surface area contributed by atoms with Gasteiger partial charge in [-0.2, -0.15) is 0 Å². The van der Waals surface area contributed by atoms with Gasteiger partial charge in [-0.05, 0) is 100.0 Å². The van der Waals surface area contributed by atoms with Crippen LogP contribution >= 0.6 is 0 Å². The van der Waals surface area contributed by atoms with E-state index < -0.39 is 0 Å². The van der Waals surface area contributed by atoms with Crippen LogP contribution in [-0.4, -0.2) is 15.3 Å². The minimum Gasteiger partial charge on any atom is -0.508 e. The zero-order valence-corrected chi connectivity index (χ0v) is 19.0. The van der Waals surface area contributed by atoms with Gasteiger partial charge >= 0.3 is 0 Å². The fraction of sp³-hybridized carbons (Fsp3) is 0.286. The van der Waals surface area contributed by atoms with Crippen LogP contribution in [0.4, 0.5) is 0 Å². The lowest BCUT2D eigenvalue weighted by molar-refractivity contribution is 0.471. The minimum absolute atomic E-state index is 0.156. The van der Waals surface area contributed by atoms with Gasteiger partial charge < -0.3 is 15.3 Å². The number of hydrogen-bond donors (Lipinski definition) is 3. The Hall–Kier alpha value is -3.20. The van der Waals surface area contributed by atoms with Gasteiger partial charge in [-0.1, -0.05) is 39.8 Å². The molecule has 0 amide bonds. The molecule has 0 atom stereocenters. The fourth-order valence-corrected chi connectivity index (χ4v) is 4.72. The molecule has 0 spiro atoms. The molecule has 0 aliphatic rings. The van der Waals surface area contributed by atoms with E-state index in [0.29, 0.717) is 5.39 Å². The van der Waals surface area contributed by atoms with E-state index >= 15 is 0 Å². The zero-order valence-electron chi connectivity index (χ0n) is 19.0. The van der Waals surface area contributed by atoms with Crippen LogP contribution in [-0.2, 0) is 0 Å². The highest BCUT2D eigenvalue weighted by Crippen LogP contribution is 2.45. The highest BCUT2D eigenvalue weighted by molar-refractivity contribution is 6.01. The molecule has 31 heavy (non-hydrogen) atoms. The van der Waals surface area contributed by atoms with Crippen molar-refractivity contribution < 1.29 is 15.3 Å². The first-order chi connectivity index (χ1) is 14.6. The lowest BCUT2D eigenvalue weighted by atomic mass is 9.86. The molecule has 0 unspecified atom stereocenters. The quantitative estimate of drug-likeness (QED) is 0.323. The molecule has 3 nitrogen and oxygen atoms in total. The topological polar surface area (TPSA) is 60.7 Å². The number of fused-ring (bicyclic) bond motifs is 2. The molecule has 4 aromatic carbocycles. The third kappa shape index (κ3) is 3.48. The van der Waals surface area contributed by atoms with Crippen LogP contribution in [0.3, 0.4) is 0 Å². The predicted octanol–water partition coefficient (Wildman–Crippen LogP) is 7.64. The van der Waals surface area contributed by atoms with Gasteiger partial charge in [-0.15, -0.1) is 0 Å². The van der Waals surface area contributed by atoms with Crippen LogP contribution in [0.2, 0.25) is 0 Å². The summed E-state index contributed by atoms with van der Waals surface area (Å²) in [5.41, 5.74) is 5.85. The van der Waals surface area contributed by atoms with E-state index in [1.165, 1.54) is 0 Å². The Morgan fingerprint density at radius 2 is 1.13 bits per heavy atom. The van der Waals surface area contributed by atoms with Crippen molar-refractivity contribution in [3.8, 4) is 28.4 Å². The van der Waals surface area contributed by atoms with E-state index in [2.05, 4.69) is 52.8 Å². The monoisotopic (exact) mass is 414 g/mol. The normalized spacial score (nSPS) is 11.9. The first kappa shape index (κ1) is 21.0.